The molecule has 6 heteroatoms. The van der Waals surface area contributed by atoms with E-state index in [0.29, 0.717) is 20.5 Å². The zero-order valence-corrected chi connectivity index (χ0v) is 13.5. The minimum atomic E-state index is -0.168. The van der Waals surface area contributed by atoms with Gasteiger partial charge in [0, 0.05) is 6.08 Å². The van der Waals surface area contributed by atoms with E-state index in [9.17, 15) is 4.79 Å². The van der Waals surface area contributed by atoms with Crippen molar-refractivity contribution in [1.29, 1.82) is 0 Å². The lowest BCUT2D eigenvalue weighted by Crippen LogP contribution is -2.19. The Morgan fingerprint density at radius 3 is 2.67 bits per heavy atom. The molecule has 1 aliphatic heterocycles. The summed E-state index contributed by atoms with van der Waals surface area (Å²) < 4.78 is 6.00. The second-order valence-corrected chi connectivity index (χ2v) is 6.27. The number of carbonyl (C=O) groups is 1. The average Bonchev–Trinajstić information content (AvgIpc) is 3.00. The van der Waals surface area contributed by atoms with Crippen LogP contribution in [0.5, 0.6) is 0 Å². The Balaban J connectivity index is 1.81. The molecule has 1 N–H and O–H groups in total. The van der Waals surface area contributed by atoms with Gasteiger partial charge >= 0.3 is 0 Å². The lowest BCUT2D eigenvalue weighted by Gasteiger charge is -1.96. The largest absolute Gasteiger partial charge is 0.450 e. The Bertz CT molecular complexity index is 747. The third kappa shape index (κ3) is 3.46. The first kappa shape index (κ1) is 14.2. The van der Waals surface area contributed by atoms with Crippen LogP contribution >= 0.6 is 27.7 Å². The smallest absolute Gasteiger partial charge is 0.264 e. The summed E-state index contributed by atoms with van der Waals surface area (Å²) in [7, 11) is 0. The second-order valence-electron chi connectivity index (χ2n) is 4.46. The standard InChI is InChI=1S/C15H11BrN2O2S/c1-9-2-4-10(5-3-9)17-15-18-14(19)12(21-15)8-11-6-7-13(16)20-11/h2-8H,1H3,(H,17,18,19)/b12-8+. The molecule has 3 rings (SSSR count). The minimum Gasteiger partial charge on any atom is -0.450 e. The normalized spacial score (nSPS) is 18.5. The SMILES string of the molecule is Cc1ccc(N=C2NC(=O)/C(=C\c3ccc(Br)o3)S2)cc1. The third-order valence-electron chi connectivity index (χ3n) is 2.78. The number of amidine groups is 1. The maximum atomic E-state index is 11.9. The Kier molecular flexibility index (Phi) is 3.98. The summed E-state index contributed by atoms with van der Waals surface area (Å²) in [5, 5.41) is 3.32. The number of thioether (sulfide) groups is 1. The van der Waals surface area contributed by atoms with Gasteiger partial charge < -0.3 is 9.73 Å². The molecule has 1 aliphatic rings. The molecule has 1 aromatic carbocycles. The molecule has 1 saturated heterocycles. The predicted molar refractivity (Wildman–Crippen MR) is 88.4 cm³/mol. The zero-order chi connectivity index (χ0) is 14.8. The maximum Gasteiger partial charge on any atom is 0.264 e. The number of amides is 1. The summed E-state index contributed by atoms with van der Waals surface area (Å²) in [6, 6.07) is 11.4. The van der Waals surface area contributed by atoms with Crippen molar-refractivity contribution in [2.24, 2.45) is 4.99 Å². The molecule has 0 saturated carbocycles. The van der Waals surface area contributed by atoms with Crippen LogP contribution in [0.2, 0.25) is 0 Å². The molecule has 2 aromatic rings. The number of hydrogen-bond donors (Lipinski definition) is 1. The number of furan rings is 1. The Morgan fingerprint density at radius 2 is 2.00 bits per heavy atom. The fourth-order valence-corrected chi connectivity index (χ4v) is 2.89. The van der Waals surface area contributed by atoms with Crippen molar-refractivity contribution in [3.8, 4) is 0 Å². The topological polar surface area (TPSA) is 54.6 Å². The molecule has 0 unspecified atom stereocenters. The molecule has 1 fully saturated rings. The summed E-state index contributed by atoms with van der Waals surface area (Å²) in [6.45, 7) is 2.02. The summed E-state index contributed by atoms with van der Waals surface area (Å²) in [5.74, 6) is 0.453. The fraction of sp³-hybridized carbons (Fsp3) is 0.0667. The predicted octanol–water partition coefficient (Wildman–Crippen LogP) is 4.24. The number of aryl methyl sites for hydroxylation is 1. The number of rotatable bonds is 2. The van der Waals surface area contributed by atoms with Gasteiger partial charge in [0.05, 0.1) is 10.6 Å². The van der Waals surface area contributed by atoms with E-state index in [1.165, 1.54) is 17.3 Å². The van der Waals surface area contributed by atoms with Gasteiger partial charge in [0.15, 0.2) is 9.84 Å². The van der Waals surface area contributed by atoms with Gasteiger partial charge in [-0.1, -0.05) is 17.7 Å². The van der Waals surface area contributed by atoms with Gasteiger partial charge in [-0.25, -0.2) is 4.99 Å². The van der Waals surface area contributed by atoms with Crippen molar-refractivity contribution in [1.82, 2.24) is 5.32 Å². The van der Waals surface area contributed by atoms with E-state index in [1.807, 2.05) is 31.2 Å². The van der Waals surface area contributed by atoms with Crippen molar-refractivity contribution >= 4 is 50.5 Å². The summed E-state index contributed by atoms with van der Waals surface area (Å²) >= 11 is 4.53. The molecule has 0 radical (unpaired) electrons. The number of aliphatic imine (C=N–C) groups is 1. The van der Waals surface area contributed by atoms with Crippen molar-refractivity contribution in [2.75, 3.05) is 0 Å². The average molecular weight is 363 g/mol. The van der Waals surface area contributed by atoms with E-state index in [4.69, 9.17) is 4.42 Å². The van der Waals surface area contributed by atoms with Crippen LogP contribution in [0, 0.1) is 6.92 Å². The molecule has 4 nitrogen and oxygen atoms in total. The molecule has 1 aromatic heterocycles. The highest BCUT2D eigenvalue weighted by atomic mass is 79.9. The van der Waals surface area contributed by atoms with Gasteiger partial charge in [-0.3, -0.25) is 4.79 Å². The lowest BCUT2D eigenvalue weighted by atomic mass is 10.2. The third-order valence-corrected chi connectivity index (χ3v) is 4.12. The molecular formula is C15H11BrN2O2S. The van der Waals surface area contributed by atoms with Crippen molar-refractivity contribution in [3.63, 3.8) is 0 Å². The Hall–Kier alpha value is -1.79. The highest BCUT2D eigenvalue weighted by Crippen LogP contribution is 2.29. The number of benzene rings is 1. The fourth-order valence-electron chi connectivity index (χ4n) is 1.75. The first-order chi connectivity index (χ1) is 10.1. The number of nitrogens with zero attached hydrogens (tertiary/aromatic N) is 1. The van der Waals surface area contributed by atoms with Crippen molar-refractivity contribution < 1.29 is 9.21 Å². The van der Waals surface area contributed by atoms with E-state index < -0.39 is 0 Å². The van der Waals surface area contributed by atoms with Gasteiger partial charge in [-0.15, -0.1) is 0 Å². The van der Waals surface area contributed by atoms with Crippen LogP contribution in [0.4, 0.5) is 5.69 Å². The maximum absolute atomic E-state index is 11.9. The number of nitrogens with one attached hydrogen (secondary N) is 1. The van der Waals surface area contributed by atoms with E-state index in [1.54, 1.807) is 18.2 Å². The van der Waals surface area contributed by atoms with Crippen molar-refractivity contribution in [3.05, 3.63) is 57.3 Å². The molecular weight excluding hydrogens is 352 g/mol. The Labute approximate surface area is 134 Å². The highest BCUT2D eigenvalue weighted by molar-refractivity contribution is 9.10. The van der Waals surface area contributed by atoms with Gasteiger partial charge in [0.1, 0.15) is 5.76 Å². The van der Waals surface area contributed by atoms with Crippen LogP contribution in [-0.2, 0) is 4.79 Å². The van der Waals surface area contributed by atoms with Crippen LogP contribution < -0.4 is 5.32 Å². The highest BCUT2D eigenvalue weighted by Gasteiger charge is 2.24. The first-order valence-corrected chi connectivity index (χ1v) is 7.83. The summed E-state index contributed by atoms with van der Waals surface area (Å²) in [5.41, 5.74) is 1.98. The summed E-state index contributed by atoms with van der Waals surface area (Å²) in [4.78, 5) is 16.9. The van der Waals surface area contributed by atoms with E-state index in [0.717, 1.165) is 5.69 Å². The van der Waals surface area contributed by atoms with E-state index >= 15 is 0 Å². The number of halogens is 1. The number of carbonyl (C=O) groups excluding carboxylic acids is 1. The molecule has 1 amide bonds. The monoisotopic (exact) mass is 362 g/mol. The van der Waals surface area contributed by atoms with Gasteiger partial charge in [0.25, 0.3) is 5.91 Å². The second kappa shape index (κ2) is 5.91. The van der Waals surface area contributed by atoms with Crippen LogP contribution in [0.3, 0.4) is 0 Å². The molecule has 0 bridgehead atoms. The molecule has 0 atom stereocenters. The van der Waals surface area contributed by atoms with Crippen LogP contribution in [0.15, 0.2) is 55.4 Å². The van der Waals surface area contributed by atoms with E-state index in [-0.39, 0.29) is 5.91 Å². The van der Waals surface area contributed by atoms with Crippen LogP contribution in [0.25, 0.3) is 6.08 Å². The molecule has 2 heterocycles. The van der Waals surface area contributed by atoms with Crippen molar-refractivity contribution in [2.45, 2.75) is 6.92 Å². The minimum absolute atomic E-state index is 0.168. The van der Waals surface area contributed by atoms with E-state index in [2.05, 4.69) is 26.2 Å². The lowest BCUT2D eigenvalue weighted by molar-refractivity contribution is -0.115. The van der Waals surface area contributed by atoms with Gasteiger partial charge in [-0.2, -0.15) is 0 Å². The van der Waals surface area contributed by atoms with Crippen LogP contribution in [0.1, 0.15) is 11.3 Å². The quantitative estimate of drug-likeness (QED) is 0.812. The van der Waals surface area contributed by atoms with Crippen LogP contribution in [-0.4, -0.2) is 11.1 Å². The van der Waals surface area contributed by atoms with Gasteiger partial charge in [0.2, 0.25) is 0 Å². The molecule has 21 heavy (non-hydrogen) atoms. The molecule has 106 valence electrons. The summed E-state index contributed by atoms with van der Waals surface area (Å²) in [6.07, 6.45) is 1.70. The number of hydrogen-bond acceptors (Lipinski definition) is 4. The molecule has 0 aliphatic carbocycles. The first-order valence-electron chi connectivity index (χ1n) is 6.22. The molecule has 0 spiro atoms. The van der Waals surface area contributed by atoms with Gasteiger partial charge in [-0.05, 0) is 58.9 Å². The zero-order valence-electron chi connectivity index (χ0n) is 11.1. The Morgan fingerprint density at radius 1 is 1.24 bits per heavy atom.